The number of para-hydroxylation sites is 1. The number of hydrogen-bond acceptors (Lipinski definition) is 5. The van der Waals surface area contributed by atoms with E-state index in [0.29, 0.717) is 37.7 Å². The highest BCUT2D eigenvalue weighted by molar-refractivity contribution is 7.12. The second kappa shape index (κ2) is 8.73. The fourth-order valence-electron chi connectivity index (χ4n) is 3.00. The Morgan fingerprint density at radius 2 is 1.74 bits per heavy atom. The molecule has 2 heterocycles. The summed E-state index contributed by atoms with van der Waals surface area (Å²) in [5, 5.41) is 1.89. The predicted octanol–water partition coefficient (Wildman–Crippen LogP) is 2.76. The van der Waals surface area contributed by atoms with Crippen LogP contribution in [0.5, 0.6) is 11.5 Å². The van der Waals surface area contributed by atoms with Gasteiger partial charge in [-0.2, -0.15) is 0 Å². The Balaban J connectivity index is 1.60. The van der Waals surface area contributed by atoms with E-state index in [2.05, 4.69) is 0 Å². The maximum absolute atomic E-state index is 12.5. The molecule has 1 fully saturated rings. The van der Waals surface area contributed by atoms with Crippen molar-refractivity contribution in [3.8, 4) is 11.5 Å². The third-order valence-corrected chi connectivity index (χ3v) is 5.31. The molecular formula is C20H22N2O4S. The van der Waals surface area contributed by atoms with Gasteiger partial charge in [0.2, 0.25) is 5.91 Å². The zero-order valence-corrected chi connectivity index (χ0v) is 16.2. The van der Waals surface area contributed by atoms with Gasteiger partial charge < -0.3 is 19.3 Å². The van der Waals surface area contributed by atoms with Crippen LogP contribution in [0.3, 0.4) is 0 Å². The van der Waals surface area contributed by atoms with Gasteiger partial charge in [-0.25, -0.2) is 0 Å². The molecule has 0 spiro atoms. The maximum atomic E-state index is 12.5. The quantitative estimate of drug-likeness (QED) is 0.742. The van der Waals surface area contributed by atoms with Crippen LogP contribution in [0, 0.1) is 0 Å². The second-order valence-corrected chi connectivity index (χ2v) is 6.96. The van der Waals surface area contributed by atoms with Crippen LogP contribution in [0.1, 0.15) is 15.2 Å². The summed E-state index contributed by atoms with van der Waals surface area (Å²) in [6.07, 6.45) is 3.26. The molecule has 142 valence electrons. The average Bonchev–Trinajstić information content (AvgIpc) is 3.26. The monoisotopic (exact) mass is 386 g/mol. The summed E-state index contributed by atoms with van der Waals surface area (Å²) >= 11 is 1.44. The van der Waals surface area contributed by atoms with Crippen LogP contribution in [0.15, 0.2) is 41.8 Å². The summed E-state index contributed by atoms with van der Waals surface area (Å²) in [6.45, 7) is 2.13. The molecule has 6 nitrogen and oxygen atoms in total. The summed E-state index contributed by atoms with van der Waals surface area (Å²) in [4.78, 5) is 29.2. The SMILES string of the molecule is COc1cccc(/C=C/C(=O)N2CCN(C(=O)c3cccs3)CC2)c1OC. The highest BCUT2D eigenvalue weighted by Gasteiger charge is 2.24. The van der Waals surface area contributed by atoms with Crippen molar-refractivity contribution in [2.24, 2.45) is 0 Å². The molecule has 0 radical (unpaired) electrons. The van der Waals surface area contributed by atoms with E-state index in [1.165, 1.54) is 17.4 Å². The Hall–Kier alpha value is -2.80. The molecule has 0 bridgehead atoms. The highest BCUT2D eigenvalue weighted by atomic mass is 32.1. The number of methoxy groups -OCH3 is 2. The molecule has 3 rings (SSSR count). The molecule has 1 aromatic heterocycles. The van der Waals surface area contributed by atoms with Crippen LogP contribution in [-0.4, -0.2) is 62.0 Å². The molecule has 1 aliphatic heterocycles. The lowest BCUT2D eigenvalue weighted by atomic mass is 10.1. The fourth-order valence-corrected chi connectivity index (χ4v) is 3.69. The van der Waals surface area contributed by atoms with Gasteiger partial charge in [-0.3, -0.25) is 9.59 Å². The molecule has 1 aliphatic rings. The molecule has 0 unspecified atom stereocenters. The van der Waals surface area contributed by atoms with Crippen LogP contribution in [0.4, 0.5) is 0 Å². The lowest BCUT2D eigenvalue weighted by molar-refractivity contribution is -0.127. The normalized spacial score (nSPS) is 14.4. The molecular weight excluding hydrogens is 364 g/mol. The minimum absolute atomic E-state index is 0.0359. The van der Waals surface area contributed by atoms with E-state index in [1.54, 1.807) is 30.1 Å². The van der Waals surface area contributed by atoms with Gasteiger partial charge in [-0.15, -0.1) is 11.3 Å². The van der Waals surface area contributed by atoms with E-state index in [0.717, 1.165) is 10.4 Å². The van der Waals surface area contributed by atoms with Crippen molar-refractivity contribution >= 4 is 29.2 Å². The molecule has 1 saturated heterocycles. The van der Waals surface area contributed by atoms with Gasteiger partial charge >= 0.3 is 0 Å². The van der Waals surface area contributed by atoms with Gasteiger partial charge in [0.1, 0.15) is 0 Å². The molecule has 0 aliphatic carbocycles. The van der Waals surface area contributed by atoms with Gasteiger partial charge in [0, 0.05) is 37.8 Å². The number of nitrogens with zero attached hydrogens (tertiary/aromatic N) is 2. The highest BCUT2D eigenvalue weighted by Crippen LogP contribution is 2.31. The first-order valence-electron chi connectivity index (χ1n) is 8.64. The molecule has 2 amide bonds. The van der Waals surface area contributed by atoms with Crippen LogP contribution in [-0.2, 0) is 4.79 Å². The fraction of sp³-hybridized carbons (Fsp3) is 0.300. The van der Waals surface area contributed by atoms with Crippen LogP contribution in [0.2, 0.25) is 0 Å². The minimum Gasteiger partial charge on any atom is -0.493 e. The van der Waals surface area contributed by atoms with Crippen LogP contribution in [0.25, 0.3) is 6.08 Å². The van der Waals surface area contributed by atoms with Crippen molar-refractivity contribution in [2.45, 2.75) is 0 Å². The largest absolute Gasteiger partial charge is 0.493 e. The van der Waals surface area contributed by atoms with Crippen LogP contribution >= 0.6 is 11.3 Å². The molecule has 0 N–H and O–H groups in total. The molecule has 0 atom stereocenters. The Labute approximate surface area is 162 Å². The van der Waals surface area contributed by atoms with Crippen LogP contribution < -0.4 is 9.47 Å². The van der Waals surface area contributed by atoms with Crippen molar-refractivity contribution in [1.29, 1.82) is 0 Å². The lowest BCUT2D eigenvalue weighted by Gasteiger charge is -2.34. The topological polar surface area (TPSA) is 59.1 Å². The number of piperazine rings is 1. The number of carbonyl (C=O) groups is 2. The van der Waals surface area contributed by atoms with Gasteiger partial charge in [-0.05, 0) is 23.6 Å². The Bertz CT molecular complexity index is 825. The number of amides is 2. The van der Waals surface area contributed by atoms with Crippen molar-refractivity contribution in [2.75, 3.05) is 40.4 Å². The first kappa shape index (κ1) is 19.0. The summed E-state index contributed by atoms with van der Waals surface area (Å²) < 4.78 is 10.7. The first-order valence-corrected chi connectivity index (χ1v) is 9.52. The first-order chi connectivity index (χ1) is 13.1. The summed E-state index contributed by atoms with van der Waals surface area (Å²) in [5.41, 5.74) is 0.775. The van der Waals surface area contributed by atoms with E-state index >= 15 is 0 Å². The molecule has 27 heavy (non-hydrogen) atoms. The Morgan fingerprint density at radius 1 is 1.00 bits per heavy atom. The molecule has 1 aromatic carbocycles. The summed E-state index contributed by atoms with van der Waals surface area (Å²) in [6, 6.07) is 9.22. The third-order valence-electron chi connectivity index (χ3n) is 4.45. The third kappa shape index (κ3) is 4.31. The molecule has 7 heteroatoms. The zero-order valence-electron chi connectivity index (χ0n) is 15.4. The van der Waals surface area contributed by atoms with Gasteiger partial charge in [0.25, 0.3) is 5.91 Å². The van der Waals surface area contributed by atoms with Crippen molar-refractivity contribution in [3.63, 3.8) is 0 Å². The smallest absolute Gasteiger partial charge is 0.264 e. The van der Waals surface area contributed by atoms with Gasteiger partial charge in [0.15, 0.2) is 11.5 Å². The number of rotatable bonds is 5. The summed E-state index contributed by atoms with van der Waals surface area (Å²) in [7, 11) is 3.15. The number of hydrogen-bond donors (Lipinski definition) is 0. The maximum Gasteiger partial charge on any atom is 0.264 e. The Morgan fingerprint density at radius 3 is 2.37 bits per heavy atom. The van der Waals surface area contributed by atoms with Crippen molar-refractivity contribution < 1.29 is 19.1 Å². The van der Waals surface area contributed by atoms with E-state index in [4.69, 9.17) is 9.47 Å². The van der Waals surface area contributed by atoms with E-state index < -0.39 is 0 Å². The average molecular weight is 386 g/mol. The number of thiophene rings is 1. The minimum atomic E-state index is -0.0805. The number of ether oxygens (including phenoxy) is 2. The number of carbonyl (C=O) groups excluding carboxylic acids is 2. The van der Waals surface area contributed by atoms with E-state index in [-0.39, 0.29) is 11.8 Å². The molecule has 2 aromatic rings. The van der Waals surface area contributed by atoms with E-state index in [1.807, 2.05) is 35.7 Å². The van der Waals surface area contributed by atoms with Crippen molar-refractivity contribution in [3.05, 3.63) is 52.2 Å². The van der Waals surface area contributed by atoms with E-state index in [9.17, 15) is 9.59 Å². The van der Waals surface area contributed by atoms with Gasteiger partial charge in [0.05, 0.1) is 19.1 Å². The molecule has 0 saturated carbocycles. The zero-order chi connectivity index (χ0) is 19.2. The second-order valence-electron chi connectivity index (χ2n) is 6.01. The summed E-state index contributed by atoms with van der Waals surface area (Å²) in [5.74, 6) is 1.17. The standard InChI is InChI=1S/C20H22N2O4S/c1-25-16-6-3-5-15(19(16)26-2)8-9-18(23)21-10-12-22(13-11-21)20(24)17-7-4-14-27-17/h3-9,14H,10-13H2,1-2H3/b9-8+. The number of benzene rings is 1. The Kier molecular flexibility index (Phi) is 6.13. The lowest BCUT2D eigenvalue weighted by Crippen LogP contribution is -2.50. The van der Waals surface area contributed by atoms with Crippen molar-refractivity contribution in [1.82, 2.24) is 9.80 Å². The predicted molar refractivity (Wildman–Crippen MR) is 105 cm³/mol. The van der Waals surface area contributed by atoms with Gasteiger partial charge in [-0.1, -0.05) is 18.2 Å².